The average molecular weight is 253 g/mol. The van der Waals surface area contributed by atoms with Crippen LogP contribution in [-0.2, 0) is 0 Å². The standard InChI is InChI=1S/C14H27N3O/c1-3-8-16(9-4-2)12-14(18)13-17-10-5-6-15-7-11-17/h3-4,14-15,18H,1-2,5-13H2/t14-/m1/s1. The van der Waals surface area contributed by atoms with Crippen LogP contribution in [0.2, 0.25) is 0 Å². The summed E-state index contributed by atoms with van der Waals surface area (Å²) in [6, 6.07) is 0. The van der Waals surface area contributed by atoms with Crippen molar-refractivity contribution in [1.82, 2.24) is 15.1 Å². The Balaban J connectivity index is 2.30. The van der Waals surface area contributed by atoms with Crippen molar-refractivity contribution < 1.29 is 5.11 Å². The fourth-order valence-electron chi connectivity index (χ4n) is 2.33. The summed E-state index contributed by atoms with van der Waals surface area (Å²) in [5, 5.41) is 13.5. The van der Waals surface area contributed by atoms with Crippen LogP contribution in [0.25, 0.3) is 0 Å². The zero-order valence-corrected chi connectivity index (χ0v) is 11.4. The molecule has 104 valence electrons. The molecule has 0 bridgehead atoms. The highest BCUT2D eigenvalue weighted by atomic mass is 16.3. The summed E-state index contributed by atoms with van der Waals surface area (Å²) in [6.45, 7) is 14.7. The van der Waals surface area contributed by atoms with E-state index in [1.54, 1.807) is 0 Å². The van der Waals surface area contributed by atoms with Crippen LogP contribution in [-0.4, -0.2) is 73.4 Å². The summed E-state index contributed by atoms with van der Waals surface area (Å²) in [4.78, 5) is 4.49. The SMILES string of the molecule is C=CCN(CC=C)C[C@@H](O)CN1CCCNCC1. The van der Waals surface area contributed by atoms with Gasteiger partial charge in [-0.25, -0.2) is 0 Å². The molecule has 0 radical (unpaired) electrons. The first-order valence-corrected chi connectivity index (χ1v) is 6.81. The van der Waals surface area contributed by atoms with E-state index in [0.717, 1.165) is 52.2 Å². The zero-order valence-electron chi connectivity index (χ0n) is 11.4. The molecular weight excluding hydrogens is 226 g/mol. The number of hydrogen-bond acceptors (Lipinski definition) is 4. The number of β-amino-alcohol motifs (C(OH)–C–C–N with tert-alkyl or cyclic N) is 1. The van der Waals surface area contributed by atoms with Gasteiger partial charge in [0.1, 0.15) is 0 Å². The smallest absolute Gasteiger partial charge is 0.0794 e. The molecule has 0 aromatic carbocycles. The maximum atomic E-state index is 10.1. The lowest BCUT2D eigenvalue weighted by molar-refractivity contribution is 0.0833. The van der Waals surface area contributed by atoms with Crippen molar-refractivity contribution in [2.75, 3.05) is 52.4 Å². The molecule has 1 rings (SSSR count). The Morgan fingerprint density at radius 3 is 2.61 bits per heavy atom. The molecule has 0 saturated carbocycles. The number of nitrogens with one attached hydrogen (secondary N) is 1. The van der Waals surface area contributed by atoms with Crippen molar-refractivity contribution in [2.24, 2.45) is 0 Å². The van der Waals surface area contributed by atoms with Gasteiger partial charge in [-0.3, -0.25) is 9.80 Å². The van der Waals surface area contributed by atoms with E-state index in [4.69, 9.17) is 0 Å². The van der Waals surface area contributed by atoms with Gasteiger partial charge < -0.3 is 10.4 Å². The Morgan fingerprint density at radius 1 is 1.22 bits per heavy atom. The van der Waals surface area contributed by atoms with E-state index in [9.17, 15) is 5.11 Å². The number of aliphatic hydroxyl groups is 1. The summed E-state index contributed by atoms with van der Waals surface area (Å²) in [5.41, 5.74) is 0. The molecule has 4 nitrogen and oxygen atoms in total. The monoisotopic (exact) mass is 253 g/mol. The Bertz CT molecular complexity index is 227. The van der Waals surface area contributed by atoms with Crippen molar-refractivity contribution in [1.29, 1.82) is 0 Å². The second-order valence-corrected chi connectivity index (χ2v) is 4.85. The highest BCUT2D eigenvalue weighted by Gasteiger charge is 2.15. The maximum Gasteiger partial charge on any atom is 0.0794 e. The molecule has 1 aliphatic rings. The number of nitrogens with zero attached hydrogens (tertiary/aromatic N) is 2. The van der Waals surface area contributed by atoms with Gasteiger partial charge in [0.05, 0.1) is 6.10 Å². The van der Waals surface area contributed by atoms with Gasteiger partial charge in [-0.05, 0) is 19.5 Å². The molecule has 0 unspecified atom stereocenters. The zero-order chi connectivity index (χ0) is 13.2. The van der Waals surface area contributed by atoms with Crippen LogP contribution < -0.4 is 5.32 Å². The van der Waals surface area contributed by atoms with Gasteiger partial charge in [0.25, 0.3) is 0 Å². The van der Waals surface area contributed by atoms with Gasteiger partial charge in [0, 0.05) is 39.3 Å². The van der Waals surface area contributed by atoms with E-state index in [2.05, 4.69) is 28.3 Å². The van der Waals surface area contributed by atoms with Gasteiger partial charge in [-0.15, -0.1) is 13.2 Å². The lowest BCUT2D eigenvalue weighted by Gasteiger charge is -2.27. The van der Waals surface area contributed by atoms with Crippen LogP contribution in [0.1, 0.15) is 6.42 Å². The van der Waals surface area contributed by atoms with E-state index in [-0.39, 0.29) is 6.10 Å². The minimum Gasteiger partial charge on any atom is -0.390 e. The Kier molecular flexibility index (Phi) is 7.93. The van der Waals surface area contributed by atoms with Gasteiger partial charge in [0.15, 0.2) is 0 Å². The molecule has 0 aliphatic carbocycles. The summed E-state index contributed by atoms with van der Waals surface area (Å²) in [7, 11) is 0. The predicted molar refractivity (Wildman–Crippen MR) is 76.8 cm³/mol. The molecule has 2 N–H and O–H groups in total. The quantitative estimate of drug-likeness (QED) is 0.611. The van der Waals surface area contributed by atoms with Crippen LogP contribution in [0.15, 0.2) is 25.3 Å². The highest BCUT2D eigenvalue weighted by Crippen LogP contribution is 2.00. The number of hydrogen-bond donors (Lipinski definition) is 2. The first-order valence-electron chi connectivity index (χ1n) is 6.81. The minimum absolute atomic E-state index is 0.303. The molecule has 1 fully saturated rings. The lowest BCUT2D eigenvalue weighted by Crippen LogP contribution is -2.41. The minimum atomic E-state index is -0.303. The van der Waals surface area contributed by atoms with E-state index in [1.807, 2.05) is 12.2 Å². The Morgan fingerprint density at radius 2 is 1.94 bits per heavy atom. The summed E-state index contributed by atoms with van der Waals surface area (Å²) in [5.74, 6) is 0. The summed E-state index contributed by atoms with van der Waals surface area (Å²) >= 11 is 0. The summed E-state index contributed by atoms with van der Waals surface area (Å²) < 4.78 is 0. The van der Waals surface area contributed by atoms with Gasteiger partial charge in [-0.1, -0.05) is 12.2 Å². The number of aliphatic hydroxyl groups excluding tert-OH is 1. The van der Waals surface area contributed by atoms with Crippen LogP contribution in [0.3, 0.4) is 0 Å². The van der Waals surface area contributed by atoms with Crippen molar-refractivity contribution in [3.8, 4) is 0 Å². The molecule has 1 saturated heterocycles. The fourth-order valence-corrected chi connectivity index (χ4v) is 2.33. The molecule has 1 aliphatic heterocycles. The molecule has 18 heavy (non-hydrogen) atoms. The van der Waals surface area contributed by atoms with Crippen molar-refractivity contribution in [3.05, 3.63) is 25.3 Å². The highest BCUT2D eigenvalue weighted by molar-refractivity contribution is 4.82. The molecule has 0 aromatic heterocycles. The lowest BCUT2D eigenvalue weighted by atomic mass is 10.2. The largest absolute Gasteiger partial charge is 0.390 e. The van der Waals surface area contributed by atoms with Crippen LogP contribution >= 0.6 is 0 Å². The molecule has 0 aromatic rings. The van der Waals surface area contributed by atoms with Crippen molar-refractivity contribution in [2.45, 2.75) is 12.5 Å². The average Bonchev–Trinajstić information content (AvgIpc) is 2.58. The van der Waals surface area contributed by atoms with Gasteiger partial charge in [-0.2, -0.15) is 0 Å². The predicted octanol–water partition coefficient (Wildman–Crippen LogP) is 0.317. The van der Waals surface area contributed by atoms with Crippen molar-refractivity contribution in [3.63, 3.8) is 0 Å². The van der Waals surface area contributed by atoms with Crippen molar-refractivity contribution >= 4 is 0 Å². The van der Waals surface area contributed by atoms with Crippen LogP contribution in [0.5, 0.6) is 0 Å². The summed E-state index contributed by atoms with van der Waals surface area (Å²) in [6.07, 6.45) is 4.59. The molecule has 1 heterocycles. The normalized spacial score (nSPS) is 19.4. The molecule has 4 heteroatoms. The Hall–Kier alpha value is -0.680. The third kappa shape index (κ3) is 6.31. The van der Waals surface area contributed by atoms with Gasteiger partial charge >= 0.3 is 0 Å². The van der Waals surface area contributed by atoms with Gasteiger partial charge in [0.2, 0.25) is 0 Å². The molecular formula is C14H27N3O. The number of rotatable bonds is 8. The third-order valence-corrected chi connectivity index (χ3v) is 3.15. The third-order valence-electron chi connectivity index (χ3n) is 3.15. The second kappa shape index (κ2) is 9.28. The molecule has 1 atom stereocenters. The maximum absolute atomic E-state index is 10.1. The van der Waals surface area contributed by atoms with Crippen LogP contribution in [0.4, 0.5) is 0 Å². The van der Waals surface area contributed by atoms with Crippen LogP contribution in [0, 0.1) is 0 Å². The first-order chi connectivity index (χ1) is 8.76. The van der Waals surface area contributed by atoms with E-state index >= 15 is 0 Å². The van der Waals surface area contributed by atoms with E-state index in [1.165, 1.54) is 0 Å². The topological polar surface area (TPSA) is 38.7 Å². The molecule has 0 spiro atoms. The van der Waals surface area contributed by atoms with E-state index < -0.39 is 0 Å². The second-order valence-electron chi connectivity index (χ2n) is 4.85. The van der Waals surface area contributed by atoms with E-state index in [0.29, 0.717) is 6.54 Å². The first kappa shape index (κ1) is 15.4. The fraction of sp³-hybridized carbons (Fsp3) is 0.714. The Labute approximate surface area is 111 Å². The molecule has 0 amide bonds.